The van der Waals surface area contributed by atoms with Crippen LogP contribution in [0.5, 0.6) is 0 Å². The summed E-state index contributed by atoms with van der Waals surface area (Å²) in [4.78, 5) is 9.00. The Kier molecular flexibility index (Phi) is 7.09. The summed E-state index contributed by atoms with van der Waals surface area (Å²) in [5.41, 5.74) is 3.54. The fraction of sp³-hybridized carbons (Fsp3) is 0.273. The number of hydrogen-bond acceptors (Lipinski definition) is 2. The molecule has 1 aromatic heterocycles. The molecule has 0 amide bonds. The SMILES string of the molecule is CCNC(=NCc1cccc(Cn2ccnc2C)c1)NCc1cccc(Cl)c1. The number of aromatic nitrogens is 2. The van der Waals surface area contributed by atoms with E-state index in [1.807, 2.05) is 43.6 Å². The van der Waals surface area contributed by atoms with Gasteiger partial charge in [0.1, 0.15) is 5.82 Å². The van der Waals surface area contributed by atoms with Crippen molar-refractivity contribution in [2.75, 3.05) is 6.54 Å². The zero-order valence-electron chi connectivity index (χ0n) is 16.3. The molecule has 0 radical (unpaired) electrons. The molecule has 0 fully saturated rings. The van der Waals surface area contributed by atoms with Gasteiger partial charge in [0.2, 0.25) is 0 Å². The summed E-state index contributed by atoms with van der Waals surface area (Å²) in [6.07, 6.45) is 3.83. The molecule has 1 heterocycles. The van der Waals surface area contributed by atoms with E-state index in [1.165, 1.54) is 11.1 Å². The van der Waals surface area contributed by atoms with Crippen molar-refractivity contribution >= 4 is 17.6 Å². The number of benzene rings is 2. The van der Waals surface area contributed by atoms with Gasteiger partial charge in [0, 0.05) is 37.1 Å². The molecule has 28 heavy (non-hydrogen) atoms. The number of nitrogens with one attached hydrogen (secondary N) is 2. The maximum Gasteiger partial charge on any atom is 0.191 e. The third kappa shape index (κ3) is 5.86. The molecule has 2 N–H and O–H groups in total. The van der Waals surface area contributed by atoms with E-state index in [1.54, 1.807) is 0 Å². The molecule has 0 atom stereocenters. The fourth-order valence-electron chi connectivity index (χ4n) is 2.94. The van der Waals surface area contributed by atoms with Crippen molar-refractivity contribution in [1.29, 1.82) is 0 Å². The Hall–Kier alpha value is -2.79. The second-order valence-electron chi connectivity index (χ2n) is 6.60. The first-order valence-corrected chi connectivity index (χ1v) is 9.84. The molecule has 6 heteroatoms. The number of guanidine groups is 1. The Balaban J connectivity index is 1.63. The minimum atomic E-state index is 0.613. The van der Waals surface area contributed by atoms with Crippen LogP contribution in [0.15, 0.2) is 65.9 Å². The number of halogens is 1. The number of hydrogen-bond donors (Lipinski definition) is 2. The van der Waals surface area contributed by atoms with E-state index in [2.05, 4.69) is 51.4 Å². The van der Waals surface area contributed by atoms with Gasteiger partial charge in [0.25, 0.3) is 0 Å². The highest BCUT2D eigenvalue weighted by molar-refractivity contribution is 6.30. The normalized spacial score (nSPS) is 11.5. The molecule has 0 aliphatic heterocycles. The molecule has 3 aromatic rings. The van der Waals surface area contributed by atoms with E-state index in [0.29, 0.717) is 13.1 Å². The standard InChI is InChI=1S/C22H26ClN5/c1-3-24-22(27-15-19-7-5-9-21(23)13-19)26-14-18-6-4-8-20(12-18)16-28-11-10-25-17(28)2/h4-13H,3,14-16H2,1-2H3,(H2,24,26,27). The molecule has 5 nitrogen and oxygen atoms in total. The van der Waals surface area contributed by atoms with E-state index in [9.17, 15) is 0 Å². The van der Waals surface area contributed by atoms with Crippen molar-refractivity contribution in [2.45, 2.75) is 33.5 Å². The van der Waals surface area contributed by atoms with Crippen LogP contribution in [0.2, 0.25) is 5.02 Å². The lowest BCUT2D eigenvalue weighted by Gasteiger charge is -2.12. The smallest absolute Gasteiger partial charge is 0.191 e. The minimum Gasteiger partial charge on any atom is -0.357 e. The van der Waals surface area contributed by atoms with Gasteiger partial charge in [-0.25, -0.2) is 9.98 Å². The first-order chi connectivity index (χ1) is 13.6. The molecule has 0 unspecified atom stereocenters. The maximum atomic E-state index is 6.06. The Bertz CT molecular complexity index is 932. The predicted molar refractivity (Wildman–Crippen MR) is 116 cm³/mol. The van der Waals surface area contributed by atoms with Crippen LogP contribution in [0.25, 0.3) is 0 Å². The van der Waals surface area contributed by atoms with Gasteiger partial charge in [-0.1, -0.05) is 48.0 Å². The van der Waals surface area contributed by atoms with Crippen molar-refractivity contribution in [3.05, 3.63) is 88.5 Å². The Morgan fingerprint density at radius 2 is 1.86 bits per heavy atom. The van der Waals surface area contributed by atoms with Crippen LogP contribution >= 0.6 is 11.6 Å². The van der Waals surface area contributed by atoms with Crippen LogP contribution in [0, 0.1) is 6.92 Å². The lowest BCUT2D eigenvalue weighted by Crippen LogP contribution is -2.36. The molecular weight excluding hydrogens is 370 g/mol. The first-order valence-electron chi connectivity index (χ1n) is 9.46. The van der Waals surface area contributed by atoms with Crippen LogP contribution in [0.3, 0.4) is 0 Å². The summed E-state index contributed by atoms with van der Waals surface area (Å²) in [6, 6.07) is 16.4. The van der Waals surface area contributed by atoms with Crippen LogP contribution in [0.1, 0.15) is 29.4 Å². The summed E-state index contributed by atoms with van der Waals surface area (Å²) in [7, 11) is 0. The van der Waals surface area contributed by atoms with Gasteiger partial charge < -0.3 is 15.2 Å². The summed E-state index contributed by atoms with van der Waals surface area (Å²) in [5, 5.41) is 7.39. The van der Waals surface area contributed by atoms with Gasteiger partial charge in [-0.15, -0.1) is 0 Å². The highest BCUT2D eigenvalue weighted by Gasteiger charge is 2.02. The molecule has 3 rings (SSSR count). The summed E-state index contributed by atoms with van der Waals surface area (Å²) >= 11 is 6.06. The van der Waals surface area contributed by atoms with Crippen molar-refractivity contribution in [2.24, 2.45) is 4.99 Å². The van der Waals surface area contributed by atoms with E-state index < -0.39 is 0 Å². The summed E-state index contributed by atoms with van der Waals surface area (Å²) < 4.78 is 2.14. The zero-order valence-corrected chi connectivity index (χ0v) is 17.1. The van der Waals surface area contributed by atoms with Crippen LogP contribution in [0.4, 0.5) is 0 Å². The van der Waals surface area contributed by atoms with E-state index in [-0.39, 0.29) is 0 Å². The third-order valence-electron chi connectivity index (χ3n) is 4.38. The third-order valence-corrected chi connectivity index (χ3v) is 4.62. The first kappa shape index (κ1) is 20.0. The minimum absolute atomic E-state index is 0.613. The monoisotopic (exact) mass is 395 g/mol. The van der Waals surface area contributed by atoms with Crippen molar-refractivity contribution in [3.63, 3.8) is 0 Å². The molecule has 0 saturated heterocycles. The molecule has 0 bridgehead atoms. The zero-order chi connectivity index (χ0) is 19.8. The lowest BCUT2D eigenvalue weighted by molar-refractivity contribution is 0.760. The van der Waals surface area contributed by atoms with Crippen LogP contribution < -0.4 is 10.6 Å². The van der Waals surface area contributed by atoms with E-state index in [0.717, 1.165) is 35.5 Å². The average Bonchev–Trinajstić information content (AvgIpc) is 3.09. The predicted octanol–water partition coefficient (Wildman–Crippen LogP) is 4.15. The molecular formula is C22H26ClN5. The molecule has 0 aliphatic carbocycles. The molecule has 0 spiro atoms. The fourth-order valence-corrected chi connectivity index (χ4v) is 3.15. The van der Waals surface area contributed by atoms with E-state index in [4.69, 9.17) is 16.6 Å². The Morgan fingerprint density at radius 3 is 2.61 bits per heavy atom. The van der Waals surface area contributed by atoms with Crippen LogP contribution in [-0.4, -0.2) is 22.1 Å². The van der Waals surface area contributed by atoms with Gasteiger partial charge in [-0.2, -0.15) is 0 Å². The second kappa shape index (κ2) is 9.95. The van der Waals surface area contributed by atoms with Crippen molar-refractivity contribution in [1.82, 2.24) is 20.2 Å². The number of imidazole rings is 1. The van der Waals surface area contributed by atoms with Gasteiger partial charge in [0.15, 0.2) is 5.96 Å². The highest BCUT2D eigenvalue weighted by atomic mass is 35.5. The number of aliphatic imine (C=N–C) groups is 1. The Morgan fingerprint density at radius 1 is 1.07 bits per heavy atom. The van der Waals surface area contributed by atoms with Gasteiger partial charge >= 0.3 is 0 Å². The molecule has 146 valence electrons. The largest absolute Gasteiger partial charge is 0.357 e. The maximum absolute atomic E-state index is 6.06. The Labute approximate surface area is 171 Å². The molecule has 2 aromatic carbocycles. The number of nitrogens with zero attached hydrogens (tertiary/aromatic N) is 3. The molecule has 0 saturated carbocycles. The quantitative estimate of drug-likeness (QED) is 0.466. The number of rotatable bonds is 7. The topological polar surface area (TPSA) is 54.2 Å². The molecule has 0 aliphatic rings. The van der Waals surface area contributed by atoms with Gasteiger partial charge in [-0.3, -0.25) is 0 Å². The lowest BCUT2D eigenvalue weighted by atomic mass is 10.1. The van der Waals surface area contributed by atoms with Crippen LogP contribution in [-0.2, 0) is 19.6 Å². The summed E-state index contributed by atoms with van der Waals surface area (Å²) in [5.74, 6) is 1.81. The van der Waals surface area contributed by atoms with Gasteiger partial charge in [0.05, 0.1) is 6.54 Å². The summed E-state index contributed by atoms with van der Waals surface area (Å²) in [6.45, 7) is 6.98. The van der Waals surface area contributed by atoms with E-state index >= 15 is 0 Å². The van der Waals surface area contributed by atoms with Crippen molar-refractivity contribution < 1.29 is 0 Å². The average molecular weight is 396 g/mol. The van der Waals surface area contributed by atoms with Crippen molar-refractivity contribution in [3.8, 4) is 0 Å². The van der Waals surface area contributed by atoms with Gasteiger partial charge in [-0.05, 0) is 42.7 Å². The second-order valence-corrected chi connectivity index (χ2v) is 7.04. The number of aryl methyl sites for hydroxylation is 1. The highest BCUT2D eigenvalue weighted by Crippen LogP contribution is 2.11.